The molecular weight excluding hydrogens is 321 g/mol. The zero-order chi connectivity index (χ0) is 18.1. The summed E-state index contributed by atoms with van der Waals surface area (Å²) in [6.45, 7) is 7.65. The average molecular weight is 343 g/mol. The van der Waals surface area contributed by atoms with Crippen LogP contribution >= 0.6 is 0 Å². The summed E-state index contributed by atoms with van der Waals surface area (Å²) in [7, 11) is 0. The number of pyridine rings is 1. The number of hydrogen-bond acceptors (Lipinski definition) is 3. The number of hydrogen-bond donors (Lipinski definition) is 0. The van der Waals surface area contributed by atoms with Crippen LogP contribution in [0.5, 0.6) is 0 Å². The van der Waals surface area contributed by atoms with Crippen LogP contribution in [0.4, 0.5) is 4.39 Å². The molecule has 0 saturated carbocycles. The lowest BCUT2D eigenvalue weighted by Gasteiger charge is -2.35. The summed E-state index contributed by atoms with van der Waals surface area (Å²) >= 11 is 0. The molecule has 1 saturated heterocycles. The SMILES string of the molecule is Cc1nc2cc(F)ccc2cc1C(=O)N1CCN(C(=O)C(C)C)CC1. The van der Waals surface area contributed by atoms with Gasteiger partial charge in [-0.1, -0.05) is 13.8 Å². The zero-order valence-corrected chi connectivity index (χ0v) is 14.8. The van der Waals surface area contributed by atoms with E-state index in [9.17, 15) is 14.0 Å². The van der Waals surface area contributed by atoms with Gasteiger partial charge in [-0.2, -0.15) is 0 Å². The summed E-state index contributed by atoms with van der Waals surface area (Å²) < 4.78 is 13.3. The Morgan fingerprint density at radius 3 is 2.36 bits per heavy atom. The summed E-state index contributed by atoms with van der Waals surface area (Å²) in [5.74, 6) is -0.343. The molecule has 1 aromatic carbocycles. The van der Waals surface area contributed by atoms with Gasteiger partial charge in [-0.25, -0.2) is 4.39 Å². The van der Waals surface area contributed by atoms with Gasteiger partial charge in [0, 0.05) is 43.5 Å². The van der Waals surface area contributed by atoms with Crippen LogP contribution < -0.4 is 0 Å². The Kier molecular flexibility index (Phi) is 4.70. The second-order valence-corrected chi connectivity index (χ2v) is 6.73. The minimum absolute atomic E-state index is 0.0328. The number of aryl methyl sites for hydroxylation is 1. The quantitative estimate of drug-likeness (QED) is 0.842. The van der Waals surface area contributed by atoms with Crippen molar-refractivity contribution < 1.29 is 14.0 Å². The number of aromatic nitrogens is 1. The Bertz CT molecular complexity index is 827. The molecule has 0 aliphatic carbocycles. The number of nitrogens with zero attached hydrogens (tertiary/aromatic N) is 3. The monoisotopic (exact) mass is 343 g/mol. The molecule has 1 aromatic heterocycles. The maximum atomic E-state index is 13.3. The van der Waals surface area contributed by atoms with E-state index in [-0.39, 0.29) is 23.5 Å². The van der Waals surface area contributed by atoms with E-state index < -0.39 is 0 Å². The lowest BCUT2D eigenvalue weighted by molar-refractivity contribution is -0.135. The number of fused-ring (bicyclic) bond motifs is 1. The highest BCUT2D eigenvalue weighted by Crippen LogP contribution is 2.20. The molecule has 3 rings (SSSR count). The largest absolute Gasteiger partial charge is 0.339 e. The normalized spacial score (nSPS) is 15.1. The predicted molar refractivity (Wildman–Crippen MR) is 93.8 cm³/mol. The van der Waals surface area contributed by atoms with Crippen LogP contribution in [0.1, 0.15) is 29.9 Å². The molecule has 0 radical (unpaired) electrons. The van der Waals surface area contributed by atoms with Gasteiger partial charge in [-0.05, 0) is 25.1 Å². The summed E-state index contributed by atoms with van der Waals surface area (Å²) in [6, 6.07) is 6.13. The first-order valence-corrected chi connectivity index (χ1v) is 8.52. The van der Waals surface area contributed by atoms with E-state index in [1.54, 1.807) is 24.0 Å². The molecule has 2 amide bonds. The summed E-state index contributed by atoms with van der Waals surface area (Å²) in [5, 5.41) is 0.740. The van der Waals surface area contributed by atoms with E-state index in [0.29, 0.717) is 43.0 Å². The molecule has 2 heterocycles. The Balaban J connectivity index is 1.78. The maximum absolute atomic E-state index is 13.3. The van der Waals surface area contributed by atoms with Gasteiger partial charge < -0.3 is 9.80 Å². The van der Waals surface area contributed by atoms with E-state index in [4.69, 9.17) is 0 Å². The Morgan fingerprint density at radius 2 is 1.72 bits per heavy atom. The number of halogens is 1. The molecule has 25 heavy (non-hydrogen) atoms. The summed E-state index contributed by atoms with van der Waals surface area (Å²) in [6.07, 6.45) is 0. The van der Waals surface area contributed by atoms with Gasteiger partial charge in [0.2, 0.25) is 5.91 Å². The molecule has 0 spiro atoms. The van der Waals surface area contributed by atoms with E-state index in [1.165, 1.54) is 12.1 Å². The predicted octanol–water partition coefficient (Wildman–Crippen LogP) is 2.62. The van der Waals surface area contributed by atoms with Gasteiger partial charge in [0.1, 0.15) is 5.82 Å². The molecule has 0 bridgehead atoms. The second-order valence-electron chi connectivity index (χ2n) is 6.73. The Morgan fingerprint density at radius 1 is 1.08 bits per heavy atom. The molecule has 5 nitrogen and oxygen atoms in total. The van der Waals surface area contributed by atoms with E-state index >= 15 is 0 Å². The van der Waals surface area contributed by atoms with Gasteiger partial charge in [-0.3, -0.25) is 14.6 Å². The fourth-order valence-corrected chi connectivity index (χ4v) is 3.12. The molecule has 1 aliphatic rings. The fourth-order valence-electron chi connectivity index (χ4n) is 3.12. The third-order valence-corrected chi connectivity index (χ3v) is 4.57. The first-order valence-electron chi connectivity index (χ1n) is 8.52. The number of benzene rings is 1. The van der Waals surface area contributed by atoms with Crippen molar-refractivity contribution in [2.45, 2.75) is 20.8 Å². The number of amides is 2. The average Bonchev–Trinajstić information content (AvgIpc) is 2.60. The third-order valence-electron chi connectivity index (χ3n) is 4.57. The molecule has 0 N–H and O–H groups in total. The zero-order valence-electron chi connectivity index (χ0n) is 14.8. The van der Waals surface area contributed by atoms with Gasteiger partial charge in [0.05, 0.1) is 16.8 Å². The van der Waals surface area contributed by atoms with Crippen molar-refractivity contribution in [1.29, 1.82) is 0 Å². The van der Waals surface area contributed by atoms with Crippen LogP contribution in [0.15, 0.2) is 24.3 Å². The molecule has 0 atom stereocenters. The Labute approximate surface area is 146 Å². The molecule has 2 aromatic rings. The van der Waals surface area contributed by atoms with E-state index in [2.05, 4.69) is 4.98 Å². The maximum Gasteiger partial charge on any atom is 0.255 e. The van der Waals surface area contributed by atoms with Gasteiger partial charge in [-0.15, -0.1) is 0 Å². The van der Waals surface area contributed by atoms with Crippen molar-refractivity contribution in [3.63, 3.8) is 0 Å². The van der Waals surface area contributed by atoms with Crippen LogP contribution in [-0.2, 0) is 4.79 Å². The molecule has 132 valence electrons. The molecule has 1 fully saturated rings. The number of piperazine rings is 1. The highest BCUT2D eigenvalue weighted by molar-refractivity contribution is 5.98. The molecule has 6 heteroatoms. The van der Waals surface area contributed by atoms with Crippen molar-refractivity contribution in [3.8, 4) is 0 Å². The van der Waals surface area contributed by atoms with Gasteiger partial charge in [0.15, 0.2) is 0 Å². The van der Waals surface area contributed by atoms with Crippen LogP contribution in [0.3, 0.4) is 0 Å². The number of carbonyl (C=O) groups is 2. The minimum Gasteiger partial charge on any atom is -0.339 e. The van der Waals surface area contributed by atoms with Crippen molar-refractivity contribution in [3.05, 3.63) is 41.3 Å². The lowest BCUT2D eigenvalue weighted by atomic mass is 10.1. The van der Waals surface area contributed by atoms with Crippen molar-refractivity contribution in [2.24, 2.45) is 5.92 Å². The molecule has 1 aliphatic heterocycles. The first kappa shape index (κ1) is 17.3. The van der Waals surface area contributed by atoms with Gasteiger partial charge >= 0.3 is 0 Å². The van der Waals surface area contributed by atoms with Crippen LogP contribution in [0.25, 0.3) is 10.9 Å². The highest BCUT2D eigenvalue weighted by atomic mass is 19.1. The summed E-state index contributed by atoms with van der Waals surface area (Å²) in [5.41, 5.74) is 1.66. The molecule has 0 unspecified atom stereocenters. The Hall–Kier alpha value is -2.50. The van der Waals surface area contributed by atoms with E-state index in [0.717, 1.165) is 5.39 Å². The number of carbonyl (C=O) groups excluding carboxylic acids is 2. The standard InChI is InChI=1S/C19H22FN3O2/c1-12(2)18(24)22-6-8-23(9-7-22)19(25)16-10-14-4-5-15(20)11-17(14)21-13(16)3/h4-5,10-12H,6-9H2,1-3H3. The topological polar surface area (TPSA) is 53.5 Å². The van der Waals surface area contributed by atoms with Crippen molar-refractivity contribution in [1.82, 2.24) is 14.8 Å². The lowest BCUT2D eigenvalue weighted by Crippen LogP contribution is -2.51. The second kappa shape index (κ2) is 6.78. The van der Waals surface area contributed by atoms with Crippen LogP contribution in [0.2, 0.25) is 0 Å². The van der Waals surface area contributed by atoms with E-state index in [1.807, 2.05) is 18.7 Å². The van der Waals surface area contributed by atoms with Crippen LogP contribution in [0, 0.1) is 18.7 Å². The smallest absolute Gasteiger partial charge is 0.255 e. The fraction of sp³-hybridized carbons (Fsp3) is 0.421. The summed E-state index contributed by atoms with van der Waals surface area (Å²) in [4.78, 5) is 32.8. The first-order chi connectivity index (χ1) is 11.9. The minimum atomic E-state index is -0.343. The molecular formula is C19H22FN3O2. The van der Waals surface area contributed by atoms with Crippen molar-refractivity contribution in [2.75, 3.05) is 26.2 Å². The highest BCUT2D eigenvalue weighted by Gasteiger charge is 2.27. The van der Waals surface area contributed by atoms with Gasteiger partial charge in [0.25, 0.3) is 5.91 Å². The van der Waals surface area contributed by atoms with Crippen molar-refractivity contribution >= 4 is 22.7 Å². The van der Waals surface area contributed by atoms with Crippen LogP contribution in [-0.4, -0.2) is 52.8 Å². The number of rotatable bonds is 2. The third kappa shape index (κ3) is 3.48.